The first kappa shape index (κ1) is 14.9. The lowest BCUT2D eigenvalue weighted by atomic mass is 10.2. The van der Waals surface area contributed by atoms with Crippen molar-refractivity contribution in [2.24, 2.45) is 7.05 Å². The van der Waals surface area contributed by atoms with Gasteiger partial charge in [-0.15, -0.1) is 0 Å². The van der Waals surface area contributed by atoms with Gasteiger partial charge >= 0.3 is 0 Å². The highest BCUT2D eigenvalue weighted by molar-refractivity contribution is 7.80. The lowest BCUT2D eigenvalue weighted by Gasteiger charge is -2.12. The van der Waals surface area contributed by atoms with Crippen LogP contribution in [0.2, 0.25) is 0 Å². The lowest BCUT2D eigenvalue weighted by Crippen LogP contribution is -2.36. The summed E-state index contributed by atoms with van der Waals surface area (Å²) in [5.74, 6) is 0. The molecule has 18 heavy (non-hydrogen) atoms. The van der Waals surface area contributed by atoms with E-state index >= 15 is 0 Å². The van der Waals surface area contributed by atoms with Gasteiger partial charge in [0, 0.05) is 31.4 Å². The van der Waals surface area contributed by atoms with Crippen LogP contribution in [0.5, 0.6) is 0 Å². The zero-order valence-electron chi connectivity index (χ0n) is 11.7. The quantitative estimate of drug-likeness (QED) is 0.586. The zero-order valence-corrected chi connectivity index (χ0v) is 12.5. The molecule has 0 aromatic carbocycles. The van der Waals surface area contributed by atoms with Crippen molar-refractivity contribution in [2.75, 3.05) is 27.2 Å². The highest BCUT2D eigenvalue weighted by Gasteiger charge is 2.03. The molecule has 1 aromatic rings. The van der Waals surface area contributed by atoms with Gasteiger partial charge in [-0.2, -0.15) is 5.10 Å². The Balaban J connectivity index is 2.19. The molecule has 0 fully saturated rings. The molecule has 0 unspecified atom stereocenters. The van der Waals surface area contributed by atoms with Gasteiger partial charge in [0.05, 0.1) is 6.20 Å². The molecule has 0 aliphatic rings. The third kappa shape index (κ3) is 5.01. The van der Waals surface area contributed by atoms with Crippen molar-refractivity contribution in [3.63, 3.8) is 0 Å². The first-order valence-corrected chi connectivity index (χ1v) is 6.55. The molecule has 5 nitrogen and oxygen atoms in total. The van der Waals surface area contributed by atoms with Gasteiger partial charge in [0.1, 0.15) is 0 Å². The van der Waals surface area contributed by atoms with Crippen LogP contribution >= 0.6 is 12.2 Å². The van der Waals surface area contributed by atoms with Crippen molar-refractivity contribution in [2.45, 2.75) is 19.9 Å². The van der Waals surface area contributed by atoms with E-state index in [9.17, 15) is 0 Å². The molecule has 1 aromatic heterocycles. The van der Waals surface area contributed by atoms with Gasteiger partial charge in [-0.05, 0) is 46.2 Å². The Morgan fingerprint density at radius 3 is 2.72 bits per heavy atom. The summed E-state index contributed by atoms with van der Waals surface area (Å²) in [4.78, 5) is 2.16. The molecule has 0 spiro atoms. The predicted molar refractivity (Wildman–Crippen MR) is 78.6 cm³/mol. The molecule has 0 amide bonds. The fourth-order valence-electron chi connectivity index (χ4n) is 1.55. The Morgan fingerprint density at radius 2 is 2.17 bits per heavy atom. The molecule has 0 bridgehead atoms. The maximum absolute atomic E-state index is 5.22. The highest BCUT2D eigenvalue weighted by atomic mass is 32.1. The van der Waals surface area contributed by atoms with E-state index in [1.807, 2.05) is 17.9 Å². The summed E-state index contributed by atoms with van der Waals surface area (Å²) >= 11 is 5.22. The molecule has 102 valence electrons. The van der Waals surface area contributed by atoms with E-state index in [-0.39, 0.29) is 0 Å². The molecule has 0 radical (unpaired) electrons. The van der Waals surface area contributed by atoms with Crippen LogP contribution in [0.15, 0.2) is 6.20 Å². The summed E-state index contributed by atoms with van der Waals surface area (Å²) in [6.45, 7) is 4.74. The van der Waals surface area contributed by atoms with Gasteiger partial charge < -0.3 is 15.5 Å². The van der Waals surface area contributed by atoms with E-state index in [1.54, 1.807) is 0 Å². The molecular formula is C12H23N5S. The highest BCUT2D eigenvalue weighted by Crippen LogP contribution is 2.04. The number of rotatable bonds is 6. The van der Waals surface area contributed by atoms with Crippen LogP contribution in [0, 0.1) is 6.92 Å². The number of hydrogen-bond donors (Lipinski definition) is 2. The second-order valence-corrected chi connectivity index (χ2v) is 5.05. The van der Waals surface area contributed by atoms with Crippen molar-refractivity contribution < 1.29 is 0 Å². The maximum atomic E-state index is 5.22. The van der Waals surface area contributed by atoms with Crippen molar-refractivity contribution in [3.8, 4) is 0 Å². The van der Waals surface area contributed by atoms with Gasteiger partial charge in [-0.25, -0.2) is 0 Å². The summed E-state index contributed by atoms with van der Waals surface area (Å²) < 4.78 is 1.87. The monoisotopic (exact) mass is 269 g/mol. The van der Waals surface area contributed by atoms with E-state index in [4.69, 9.17) is 12.2 Å². The van der Waals surface area contributed by atoms with Crippen LogP contribution in [0.1, 0.15) is 17.7 Å². The molecule has 0 aliphatic carbocycles. The lowest BCUT2D eigenvalue weighted by molar-refractivity contribution is 0.400. The van der Waals surface area contributed by atoms with Gasteiger partial charge in [-0.3, -0.25) is 4.68 Å². The summed E-state index contributed by atoms with van der Waals surface area (Å²) in [5, 5.41) is 11.3. The molecule has 0 aliphatic heterocycles. The van der Waals surface area contributed by atoms with Crippen molar-refractivity contribution in [1.29, 1.82) is 0 Å². The first-order chi connectivity index (χ1) is 8.50. The minimum absolute atomic E-state index is 0.706. The third-order valence-electron chi connectivity index (χ3n) is 2.84. The van der Waals surface area contributed by atoms with E-state index in [2.05, 4.69) is 41.7 Å². The molecular weight excluding hydrogens is 246 g/mol. The van der Waals surface area contributed by atoms with Gasteiger partial charge in [0.25, 0.3) is 0 Å². The minimum atomic E-state index is 0.706. The second-order valence-electron chi connectivity index (χ2n) is 4.65. The Kier molecular flexibility index (Phi) is 6.07. The smallest absolute Gasteiger partial charge is 0.166 e. The van der Waals surface area contributed by atoms with Crippen LogP contribution < -0.4 is 10.6 Å². The predicted octanol–water partition coefficient (Wildman–Crippen LogP) is 0.644. The molecule has 0 saturated heterocycles. The molecule has 1 rings (SSSR count). The number of aromatic nitrogens is 2. The summed E-state index contributed by atoms with van der Waals surface area (Å²) in [6.07, 6.45) is 2.96. The van der Waals surface area contributed by atoms with Crippen LogP contribution in [0.4, 0.5) is 0 Å². The number of nitrogens with one attached hydrogen (secondary N) is 2. The maximum Gasteiger partial charge on any atom is 0.166 e. The first-order valence-electron chi connectivity index (χ1n) is 6.14. The number of hydrogen-bond acceptors (Lipinski definition) is 3. The Bertz CT molecular complexity index is 386. The summed E-state index contributed by atoms with van der Waals surface area (Å²) in [7, 11) is 6.08. The van der Waals surface area contributed by atoms with Crippen molar-refractivity contribution in [1.82, 2.24) is 25.3 Å². The molecule has 1 heterocycles. The van der Waals surface area contributed by atoms with Gasteiger partial charge in [-0.1, -0.05) is 0 Å². The van der Waals surface area contributed by atoms with Gasteiger partial charge in [0.2, 0.25) is 0 Å². The summed E-state index contributed by atoms with van der Waals surface area (Å²) in [5.41, 5.74) is 2.34. The molecule has 2 N–H and O–H groups in total. The number of aryl methyl sites for hydroxylation is 1. The van der Waals surface area contributed by atoms with Crippen LogP contribution in [-0.2, 0) is 13.6 Å². The average molecular weight is 269 g/mol. The Morgan fingerprint density at radius 1 is 1.44 bits per heavy atom. The number of thiocarbonyl (C=S) groups is 1. The van der Waals surface area contributed by atoms with Crippen LogP contribution in [0.25, 0.3) is 0 Å². The third-order valence-corrected chi connectivity index (χ3v) is 3.13. The Hall–Kier alpha value is -1.14. The standard InChI is InChI=1S/C12H23N5S/c1-10-11(9-15-17(10)4)8-14-12(18)13-6-5-7-16(2)3/h9H,5-8H2,1-4H3,(H2,13,14,18). The molecule has 6 heteroatoms. The van der Waals surface area contributed by atoms with Crippen molar-refractivity contribution in [3.05, 3.63) is 17.5 Å². The SMILES string of the molecule is Cc1c(CNC(=S)NCCCN(C)C)cnn1C. The van der Waals surface area contributed by atoms with E-state index in [1.165, 1.54) is 5.56 Å². The molecule has 0 atom stereocenters. The largest absolute Gasteiger partial charge is 0.363 e. The zero-order chi connectivity index (χ0) is 13.5. The molecule has 0 saturated carbocycles. The van der Waals surface area contributed by atoms with Crippen LogP contribution in [-0.4, -0.2) is 47.0 Å². The fourth-order valence-corrected chi connectivity index (χ4v) is 1.73. The van der Waals surface area contributed by atoms with E-state index < -0.39 is 0 Å². The normalized spacial score (nSPS) is 10.7. The van der Waals surface area contributed by atoms with Crippen LogP contribution in [0.3, 0.4) is 0 Å². The number of nitrogens with zero attached hydrogens (tertiary/aromatic N) is 3. The Labute approximate surface area is 115 Å². The second kappa shape index (κ2) is 7.33. The van der Waals surface area contributed by atoms with E-state index in [0.29, 0.717) is 5.11 Å². The topological polar surface area (TPSA) is 45.1 Å². The summed E-state index contributed by atoms with van der Waals surface area (Å²) in [6, 6.07) is 0. The minimum Gasteiger partial charge on any atom is -0.363 e. The fraction of sp³-hybridized carbons (Fsp3) is 0.667. The van der Waals surface area contributed by atoms with Gasteiger partial charge in [0.15, 0.2) is 5.11 Å². The average Bonchev–Trinajstić information content (AvgIpc) is 2.63. The van der Waals surface area contributed by atoms with Crippen molar-refractivity contribution >= 4 is 17.3 Å². The van der Waals surface area contributed by atoms with E-state index in [0.717, 1.165) is 31.7 Å².